The van der Waals surface area contributed by atoms with Crippen LogP contribution in [-0.2, 0) is 22.8 Å². The molecule has 1 aliphatic rings. The number of halogens is 4. The summed E-state index contributed by atoms with van der Waals surface area (Å²) >= 11 is 24.9. The second kappa shape index (κ2) is 8.86. The van der Waals surface area contributed by atoms with Crippen LogP contribution < -0.4 is 4.90 Å². The summed E-state index contributed by atoms with van der Waals surface area (Å²) < 4.78 is 0. The second-order valence-corrected chi connectivity index (χ2v) is 8.15. The van der Waals surface area contributed by atoms with Crippen molar-refractivity contribution in [2.45, 2.75) is 13.2 Å². The van der Waals surface area contributed by atoms with Crippen molar-refractivity contribution in [1.82, 2.24) is 0 Å². The first-order valence-electron chi connectivity index (χ1n) is 8.94. The molecule has 3 aromatic carbocycles. The molecule has 4 rings (SSSR count). The summed E-state index contributed by atoms with van der Waals surface area (Å²) in [5.41, 5.74) is 2.82. The molecule has 30 heavy (non-hydrogen) atoms. The van der Waals surface area contributed by atoms with Gasteiger partial charge in [0.2, 0.25) is 0 Å². The van der Waals surface area contributed by atoms with Gasteiger partial charge in [0.25, 0.3) is 5.91 Å². The molecule has 0 spiro atoms. The van der Waals surface area contributed by atoms with Crippen LogP contribution in [0.1, 0.15) is 16.7 Å². The summed E-state index contributed by atoms with van der Waals surface area (Å²) in [6.45, 7) is 0.248. The molecule has 0 fully saturated rings. The van der Waals surface area contributed by atoms with Crippen LogP contribution in [0.3, 0.4) is 0 Å². The number of hydrogen-bond acceptors (Lipinski definition) is 3. The molecule has 0 aliphatic carbocycles. The molecule has 0 bridgehead atoms. The predicted octanol–water partition coefficient (Wildman–Crippen LogP) is 6.77. The van der Waals surface area contributed by atoms with Crippen molar-refractivity contribution in [3.8, 4) is 0 Å². The third-order valence-corrected chi connectivity index (χ3v) is 6.12. The number of fused-ring (bicyclic) bond motifs is 1. The van der Waals surface area contributed by atoms with E-state index >= 15 is 0 Å². The lowest BCUT2D eigenvalue weighted by atomic mass is 10.1. The van der Waals surface area contributed by atoms with E-state index < -0.39 is 0 Å². The van der Waals surface area contributed by atoms with Gasteiger partial charge in [-0.1, -0.05) is 81.9 Å². The average molecular weight is 480 g/mol. The van der Waals surface area contributed by atoms with E-state index in [2.05, 4.69) is 5.16 Å². The van der Waals surface area contributed by atoms with Crippen LogP contribution in [0.2, 0.25) is 20.1 Å². The van der Waals surface area contributed by atoms with Gasteiger partial charge in [-0.15, -0.1) is 0 Å². The Bertz CT molecular complexity index is 1120. The van der Waals surface area contributed by atoms with Crippen LogP contribution in [0.5, 0.6) is 0 Å². The Labute approximate surface area is 193 Å². The number of hydrogen-bond donors (Lipinski definition) is 0. The number of anilines is 1. The summed E-state index contributed by atoms with van der Waals surface area (Å²) in [4.78, 5) is 20.2. The summed E-state index contributed by atoms with van der Waals surface area (Å²) in [6.07, 6.45) is 0. The van der Waals surface area contributed by atoms with Crippen molar-refractivity contribution in [2.75, 3.05) is 4.90 Å². The monoisotopic (exact) mass is 478 g/mol. The van der Waals surface area contributed by atoms with Gasteiger partial charge in [0.15, 0.2) is 5.71 Å². The van der Waals surface area contributed by atoms with Crippen LogP contribution >= 0.6 is 46.4 Å². The highest BCUT2D eigenvalue weighted by Crippen LogP contribution is 2.34. The lowest BCUT2D eigenvalue weighted by Crippen LogP contribution is -2.30. The Morgan fingerprint density at radius 2 is 1.33 bits per heavy atom. The molecule has 0 aromatic heterocycles. The zero-order valence-electron chi connectivity index (χ0n) is 15.4. The minimum Gasteiger partial charge on any atom is -0.390 e. The van der Waals surface area contributed by atoms with Gasteiger partial charge in [0.05, 0.1) is 12.2 Å². The summed E-state index contributed by atoms with van der Waals surface area (Å²) in [5.74, 6) is -0.308. The molecule has 0 saturated heterocycles. The van der Waals surface area contributed by atoms with E-state index in [-0.39, 0.29) is 24.8 Å². The molecule has 0 saturated carbocycles. The normalized spacial score (nSPS) is 14.3. The quantitative estimate of drug-likeness (QED) is 0.379. The van der Waals surface area contributed by atoms with Gasteiger partial charge in [-0.3, -0.25) is 4.79 Å². The lowest BCUT2D eigenvalue weighted by molar-refractivity contribution is -0.112. The van der Waals surface area contributed by atoms with Crippen molar-refractivity contribution in [1.29, 1.82) is 0 Å². The van der Waals surface area contributed by atoms with E-state index in [1.54, 1.807) is 41.3 Å². The molecule has 0 atom stereocenters. The Morgan fingerprint density at radius 3 is 1.97 bits per heavy atom. The average Bonchev–Trinajstić information content (AvgIpc) is 2.98. The topological polar surface area (TPSA) is 41.9 Å². The molecule has 4 nitrogen and oxygen atoms in total. The third kappa shape index (κ3) is 4.01. The van der Waals surface area contributed by atoms with Crippen LogP contribution in [0, 0.1) is 0 Å². The molecule has 1 amide bonds. The number of oxime groups is 1. The maximum absolute atomic E-state index is 13.1. The molecule has 8 heteroatoms. The number of amides is 1. The fourth-order valence-electron chi connectivity index (χ4n) is 3.18. The second-order valence-electron chi connectivity index (χ2n) is 6.52. The van der Waals surface area contributed by atoms with Crippen molar-refractivity contribution >= 4 is 63.7 Å². The molecular weight excluding hydrogens is 466 g/mol. The number of nitrogens with zero attached hydrogens (tertiary/aromatic N) is 2. The van der Waals surface area contributed by atoms with Crippen molar-refractivity contribution in [3.05, 3.63) is 97.4 Å². The summed E-state index contributed by atoms with van der Waals surface area (Å²) in [6, 6.07) is 17.7. The Morgan fingerprint density at radius 1 is 0.767 bits per heavy atom. The van der Waals surface area contributed by atoms with E-state index in [1.165, 1.54) is 0 Å². The number of carbonyl (C=O) groups excluding carboxylic acids is 1. The molecular formula is C22H14Cl4N2O2. The Kier molecular flexibility index (Phi) is 6.21. The molecule has 1 heterocycles. The lowest BCUT2D eigenvalue weighted by Gasteiger charge is -2.18. The van der Waals surface area contributed by atoms with Gasteiger partial charge in [-0.05, 0) is 30.3 Å². The first-order valence-corrected chi connectivity index (χ1v) is 10.5. The van der Waals surface area contributed by atoms with E-state index in [9.17, 15) is 4.79 Å². The van der Waals surface area contributed by atoms with Crippen molar-refractivity contribution in [3.63, 3.8) is 0 Å². The number of benzene rings is 3. The molecule has 1 aliphatic heterocycles. The predicted molar refractivity (Wildman–Crippen MR) is 122 cm³/mol. The van der Waals surface area contributed by atoms with Crippen LogP contribution in [0.25, 0.3) is 0 Å². The zero-order chi connectivity index (χ0) is 21.3. The summed E-state index contributed by atoms with van der Waals surface area (Å²) in [5, 5.41) is 6.02. The van der Waals surface area contributed by atoms with Gasteiger partial charge in [-0.25, -0.2) is 0 Å². The molecule has 0 radical (unpaired) electrons. The highest BCUT2D eigenvalue weighted by Gasteiger charge is 2.35. The van der Waals surface area contributed by atoms with E-state index in [4.69, 9.17) is 51.2 Å². The van der Waals surface area contributed by atoms with Crippen LogP contribution in [0.4, 0.5) is 5.69 Å². The van der Waals surface area contributed by atoms with E-state index in [0.29, 0.717) is 42.5 Å². The third-order valence-electron chi connectivity index (χ3n) is 4.70. The van der Waals surface area contributed by atoms with Crippen LogP contribution in [-0.4, -0.2) is 11.6 Å². The maximum Gasteiger partial charge on any atom is 0.281 e. The SMILES string of the molecule is O=C1/C(=N\OCc2c(Cl)cccc2Cl)c2ccccc2N1Cc1c(Cl)cccc1Cl. The van der Waals surface area contributed by atoms with Crippen molar-refractivity contribution in [2.24, 2.45) is 5.16 Å². The van der Waals surface area contributed by atoms with Gasteiger partial charge in [0, 0.05) is 36.8 Å². The number of rotatable bonds is 5. The fourth-order valence-corrected chi connectivity index (χ4v) is 4.20. The Balaban J connectivity index is 1.62. The van der Waals surface area contributed by atoms with Crippen LogP contribution in [0.15, 0.2) is 65.8 Å². The molecule has 0 N–H and O–H groups in total. The summed E-state index contributed by atoms with van der Waals surface area (Å²) in [7, 11) is 0. The maximum atomic E-state index is 13.1. The van der Waals surface area contributed by atoms with Gasteiger partial charge in [0.1, 0.15) is 6.61 Å². The number of para-hydroxylation sites is 1. The van der Waals surface area contributed by atoms with Gasteiger partial charge in [-0.2, -0.15) is 0 Å². The minimum atomic E-state index is -0.308. The van der Waals surface area contributed by atoms with E-state index in [0.717, 1.165) is 0 Å². The molecule has 152 valence electrons. The minimum absolute atomic E-state index is 0.0355. The highest BCUT2D eigenvalue weighted by atomic mass is 35.5. The van der Waals surface area contributed by atoms with Gasteiger partial charge >= 0.3 is 0 Å². The molecule has 3 aromatic rings. The standard InChI is InChI=1S/C22H14Cl4N2O2/c23-16-6-3-7-17(24)14(16)11-28-20-10-2-1-5-13(20)21(22(28)29)27-30-12-15-18(25)8-4-9-19(15)26/h1-10H,11-12H2/b27-21-. The fraction of sp³-hybridized carbons (Fsp3) is 0.0909. The number of carbonyl (C=O) groups is 1. The molecule has 0 unspecified atom stereocenters. The van der Waals surface area contributed by atoms with E-state index in [1.807, 2.05) is 24.3 Å². The van der Waals surface area contributed by atoms with Gasteiger partial charge < -0.3 is 9.74 Å². The first kappa shape index (κ1) is 21.0. The van der Waals surface area contributed by atoms with Crippen molar-refractivity contribution < 1.29 is 9.63 Å². The zero-order valence-corrected chi connectivity index (χ0v) is 18.4. The largest absolute Gasteiger partial charge is 0.390 e. The highest BCUT2D eigenvalue weighted by molar-refractivity contribution is 6.54. The Hall–Kier alpha value is -2.24. The first-order chi connectivity index (χ1) is 14.5. The smallest absolute Gasteiger partial charge is 0.281 e.